The molecule has 0 N–H and O–H groups in total. The minimum atomic E-state index is -0.302. The molecule has 0 saturated heterocycles. The normalized spacial score (nSPS) is 10.8. The van der Waals surface area contributed by atoms with Gasteiger partial charge in [-0.25, -0.2) is 4.79 Å². The lowest BCUT2D eigenvalue weighted by molar-refractivity contribution is 0.0521. The second-order valence-corrected chi connectivity index (χ2v) is 6.04. The van der Waals surface area contributed by atoms with Crippen LogP contribution >= 0.6 is 0 Å². The third-order valence-corrected chi connectivity index (χ3v) is 3.54. The molecule has 0 fully saturated rings. The van der Waals surface area contributed by atoms with Crippen molar-refractivity contribution in [3.05, 3.63) is 29.3 Å². The van der Waals surface area contributed by atoms with Gasteiger partial charge in [0.25, 0.3) is 0 Å². The first kappa shape index (κ1) is 18.5. The molecule has 124 valence electrons. The summed E-state index contributed by atoms with van der Waals surface area (Å²) in [6.07, 6.45) is 5.45. The molecule has 0 aliphatic rings. The molecule has 3 heteroatoms. The van der Waals surface area contributed by atoms with Crippen LogP contribution in [-0.2, 0) is 11.2 Å². The van der Waals surface area contributed by atoms with E-state index in [1.807, 2.05) is 25.1 Å². The third-order valence-electron chi connectivity index (χ3n) is 3.54. The lowest BCUT2D eigenvalue weighted by atomic mass is 10.1. The molecule has 3 nitrogen and oxygen atoms in total. The van der Waals surface area contributed by atoms with Crippen LogP contribution in [0.15, 0.2) is 18.2 Å². The minimum Gasteiger partial charge on any atom is -0.493 e. The van der Waals surface area contributed by atoms with E-state index in [9.17, 15) is 4.79 Å². The summed E-state index contributed by atoms with van der Waals surface area (Å²) in [5.41, 5.74) is 1.75. The van der Waals surface area contributed by atoms with Crippen LogP contribution in [0.25, 0.3) is 0 Å². The van der Waals surface area contributed by atoms with Crippen LogP contribution < -0.4 is 4.74 Å². The SMILES string of the molecule is CCCCc1ccc(C(=O)OCC)c(OCCCC(C)C)c1. The van der Waals surface area contributed by atoms with Gasteiger partial charge in [-0.1, -0.05) is 33.3 Å². The molecule has 0 atom stereocenters. The minimum absolute atomic E-state index is 0.302. The van der Waals surface area contributed by atoms with Crippen molar-refractivity contribution in [1.29, 1.82) is 0 Å². The van der Waals surface area contributed by atoms with Crippen molar-refractivity contribution in [2.24, 2.45) is 5.92 Å². The number of ether oxygens (including phenoxy) is 2. The van der Waals surface area contributed by atoms with Gasteiger partial charge in [-0.2, -0.15) is 0 Å². The van der Waals surface area contributed by atoms with E-state index in [2.05, 4.69) is 20.8 Å². The Morgan fingerprint density at radius 2 is 1.95 bits per heavy atom. The molecule has 0 amide bonds. The molecule has 0 unspecified atom stereocenters. The molecule has 0 aliphatic heterocycles. The molecule has 0 radical (unpaired) electrons. The average Bonchev–Trinajstić information content (AvgIpc) is 2.49. The molecule has 1 rings (SSSR count). The second kappa shape index (κ2) is 10.3. The van der Waals surface area contributed by atoms with Gasteiger partial charge in [-0.15, -0.1) is 0 Å². The Labute approximate surface area is 135 Å². The Morgan fingerprint density at radius 1 is 1.18 bits per heavy atom. The largest absolute Gasteiger partial charge is 0.493 e. The third kappa shape index (κ3) is 6.50. The highest BCUT2D eigenvalue weighted by molar-refractivity contribution is 5.92. The molecule has 0 aliphatic carbocycles. The van der Waals surface area contributed by atoms with Crippen LogP contribution in [0.5, 0.6) is 5.75 Å². The van der Waals surface area contributed by atoms with Gasteiger partial charge in [-0.3, -0.25) is 0 Å². The molecule has 0 saturated carbocycles. The van der Waals surface area contributed by atoms with E-state index >= 15 is 0 Å². The number of hydrogen-bond acceptors (Lipinski definition) is 3. The smallest absolute Gasteiger partial charge is 0.341 e. The highest BCUT2D eigenvalue weighted by Crippen LogP contribution is 2.23. The van der Waals surface area contributed by atoms with E-state index in [0.29, 0.717) is 30.4 Å². The summed E-state index contributed by atoms with van der Waals surface area (Å²) in [4.78, 5) is 12.0. The zero-order chi connectivity index (χ0) is 16.4. The van der Waals surface area contributed by atoms with Crippen LogP contribution in [0.4, 0.5) is 0 Å². The summed E-state index contributed by atoms with van der Waals surface area (Å²) in [6, 6.07) is 5.83. The van der Waals surface area contributed by atoms with E-state index < -0.39 is 0 Å². The van der Waals surface area contributed by atoms with E-state index in [-0.39, 0.29) is 5.97 Å². The molecule has 0 spiro atoms. The number of esters is 1. The van der Waals surface area contributed by atoms with E-state index in [1.54, 1.807) is 0 Å². The van der Waals surface area contributed by atoms with Crippen LogP contribution in [-0.4, -0.2) is 19.2 Å². The topological polar surface area (TPSA) is 35.5 Å². The van der Waals surface area contributed by atoms with Crippen LogP contribution in [0.3, 0.4) is 0 Å². The predicted octanol–water partition coefficient (Wildman–Crippen LogP) is 5.02. The van der Waals surface area contributed by atoms with Gasteiger partial charge >= 0.3 is 5.97 Å². The van der Waals surface area contributed by atoms with Crippen molar-refractivity contribution in [3.8, 4) is 5.75 Å². The van der Waals surface area contributed by atoms with Gasteiger partial charge in [0.1, 0.15) is 11.3 Å². The molecular weight excluding hydrogens is 276 g/mol. The number of carbonyl (C=O) groups is 1. The fraction of sp³-hybridized carbons (Fsp3) is 0.632. The van der Waals surface area contributed by atoms with Crippen molar-refractivity contribution >= 4 is 5.97 Å². The number of aryl methyl sites for hydroxylation is 1. The van der Waals surface area contributed by atoms with Crippen LogP contribution in [0.2, 0.25) is 0 Å². The molecular formula is C19H30O3. The molecule has 0 heterocycles. The number of carbonyl (C=O) groups excluding carboxylic acids is 1. The average molecular weight is 306 g/mol. The predicted molar refractivity (Wildman–Crippen MR) is 90.6 cm³/mol. The Morgan fingerprint density at radius 3 is 2.59 bits per heavy atom. The van der Waals surface area contributed by atoms with E-state index in [0.717, 1.165) is 32.1 Å². The first-order chi connectivity index (χ1) is 10.6. The Bertz CT molecular complexity index is 452. The molecule has 1 aromatic rings. The monoisotopic (exact) mass is 306 g/mol. The summed E-state index contributed by atoms with van der Waals surface area (Å²) in [5.74, 6) is 1.03. The van der Waals surface area contributed by atoms with Crippen molar-refractivity contribution in [2.75, 3.05) is 13.2 Å². The zero-order valence-corrected chi connectivity index (χ0v) is 14.5. The van der Waals surface area contributed by atoms with Crippen molar-refractivity contribution in [1.82, 2.24) is 0 Å². The summed E-state index contributed by atoms with van der Waals surface area (Å²) in [6.45, 7) is 9.42. The van der Waals surface area contributed by atoms with Gasteiger partial charge < -0.3 is 9.47 Å². The maximum atomic E-state index is 12.0. The van der Waals surface area contributed by atoms with Gasteiger partial charge in [0.05, 0.1) is 13.2 Å². The van der Waals surface area contributed by atoms with Crippen LogP contribution in [0, 0.1) is 5.92 Å². The summed E-state index contributed by atoms with van der Waals surface area (Å²) in [5, 5.41) is 0. The van der Waals surface area contributed by atoms with E-state index in [1.165, 1.54) is 5.56 Å². The van der Waals surface area contributed by atoms with Crippen LogP contribution in [0.1, 0.15) is 69.3 Å². The molecule has 0 aromatic heterocycles. The highest BCUT2D eigenvalue weighted by atomic mass is 16.5. The summed E-state index contributed by atoms with van der Waals surface area (Å²) >= 11 is 0. The Kier molecular flexibility index (Phi) is 8.64. The first-order valence-electron chi connectivity index (χ1n) is 8.51. The van der Waals surface area contributed by atoms with Gasteiger partial charge in [-0.05, 0) is 56.2 Å². The number of benzene rings is 1. The summed E-state index contributed by atoms with van der Waals surface area (Å²) < 4.78 is 11.0. The lowest BCUT2D eigenvalue weighted by Crippen LogP contribution is -2.09. The number of rotatable bonds is 10. The first-order valence-corrected chi connectivity index (χ1v) is 8.51. The standard InChI is InChI=1S/C19H30O3/c1-5-7-10-16-11-12-17(19(20)21-6-2)18(14-16)22-13-8-9-15(3)4/h11-12,14-15H,5-10,13H2,1-4H3. The van der Waals surface area contributed by atoms with Gasteiger partial charge in [0.2, 0.25) is 0 Å². The molecule has 1 aromatic carbocycles. The number of hydrogen-bond donors (Lipinski definition) is 0. The lowest BCUT2D eigenvalue weighted by Gasteiger charge is -2.13. The van der Waals surface area contributed by atoms with Crippen molar-refractivity contribution in [2.45, 2.75) is 59.8 Å². The van der Waals surface area contributed by atoms with Gasteiger partial charge in [0, 0.05) is 0 Å². The highest BCUT2D eigenvalue weighted by Gasteiger charge is 2.14. The van der Waals surface area contributed by atoms with Crippen molar-refractivity contribution in [3.63, 3.8) is 0 Å². The molecule has 0 bridgehead atoms. The zero-order valence-electron chi connectivity index (χ0n) is 14.5. The van der Waals surface area contributed by atoms with Gasteiger partial charge in [0.15, 0.2) is 0 Å². The second-order valence-electron chi connectivity index (χ2n) is 6.04. The van der Waals surface area contributed by atoms with E-state index in [4.69, 9.17) is 9.47 Å². The van der Waals surface area contributed by atoms with Crippen molar-refractivity contribution < 1.29 is 14.3 Å². The maximum Gasteiger partial charge on any atom is 0.341 e. The quantitative estimate of drug-likeness (QED) is 0.450. The molecule has 22 heavy (non-hydrogen) atoms. The number of unbranched alkanes of at least 4 members (excludes halogenated alkanes) is 1. The maximum absolute atomic E-state index is 12.0. The summed E-state index contributed by atoms with van der Waals surface area (Å²) in [7, 11) is 0. The fourth-order valence-electron chi connectivity index (χ4n) is 2.27. The Hall–Kier alpha value is -1.51. The Balaban J connectivity index is 2.78. The fourth-order valence-corrected chi connectivity index (χ4v) is 2.27.